The van der Waals surface area contributed by atoms with Crippen LogP contribution >= 0.6 is 0 Å². The lowest BCUT2D eigenvalue weighted by Crippen LogP contribution is -2.25. The van der Waals surface area contributed by atoms with Gasteiger partial charge in [0.15, 0.2) is 0 Å². The van der Waals surface area contributed by atoms with E-state index in [0.717, 1.165) is 6.42 Å². The highest BCUT2D eigenvalue weighted by Crippen LogP contribution is 2.22. The fourth-order valence-corrected chi connectivity index (χ4v) is 1.49. The van der Waals surface area contributed by atoms with Crippen LogP contribution in [-0.2, 0) is 4.74 Å². The zero-order chi connectivity index (χ0) is 14.5. The first-order valence-corrected chi connectivity index (χ1v) is 5.87. The highest BCUT2D eigenvalue weighted by Gasteiger charge is 2.16. The standard InChI is InChI=1S/C13H17N3O3/c1-13(2,19-3)6-7-15-12-5-4-11(16(17)18)8-10(12)9-14/h4-5,8,15H,6-7H2,1-3H3. The number of hydrogen-bond donors (Lipinski definition) is 1. The van der Waals surface area contributed by atoms with Crippen molar-refractivity contribution in [1.29, 1.82) is 5.26 Å². The molecule has 0 spiro atoms. The predicted octanol–water partition coefficient (Wildman–Crippen LogP) is 2.69. The van der Waals surface area contributed by atoms with Gasteiger partial charge in [0.1, 0.15) is 6.07 Å². The summed E-state index contributed by atoms with van der Waals surface area (Å²) in [5.41, 5.74) is 0.532. The first kappa shape index (κ1) is 14.9. The van der Waals surface area contributed by atoms with Gasteiger partial charge in [-0.25, -0.2) is 0 Å². The third kappa shape index (κ3) is 4.23. The van der Waals surface area contributed by atoms with E-state index in [1.54, 1.807) is 13.2 Å². The van der Waals surface area contributed by atoms with Gasteiger partial charge in [0.05, 0.1) is 21.8 Å². The number of hydrogen-bond acceptors (Lipinski definition) is 5. The molecule has 0 amide bonds. The molecule has 0 aliphatic carbocycles. The normalized spacial score (nSPS) is 10.8. The lowest BCUT2D eigenvalue weighted by Gasteiger charge is -2.23. The van der Waals surface area contributed by atoms with E-state index in [1.165, 1.54) is 12.1 Å². The van der Waals surface area contributed by atoms with Crippen LogP contribution in [0.4, 0.5) is 11.4 Å². The Bertz CT molecular complexity index is 506. The Hall–Kier alpha value is -2.13. The Kier molecular flexibility index (Phi) is 4.84. The molecule has 0 atom stereocenters. The monoisotopic (exact) mass is 263 g/mol. The van der Waals surface area contributed by atoms with Crippen LogP contribution in [0.5, 0.6) is 0 Å². The van der Waals surface area contributed by atoms with Crippen LogP contribution in [0.25, 0.3) is 0 Å². The molecule has 19 heavy (non-hydrogen) atoms. The Morgan fingerprint density at radius 1 is 1.53 bits per heavy atom. The van der Waals surface area contributed by atoms with Gasteiger partial charge < -0.3 is 10.1 Å². The van der Waals surface area contributed by atoms with Gasteiger partial charge in [-0.15, -0.1) is 0 Å². The van der Waals surface area contributed by atoms with Crippen molar-refractivity contribution in [3.8, 4) is 6.07 Å². The van der Waals surface area contributed by atoms with Gasteiger partial charge in [0.2, 0.25) is 0 Å². The molecular formula is C13H17N3O3. The Labute approximate surface area is 112 Å². The van der Waals surface area contributed by atoms with Crippen molar-refractivity contribution in [2.45, 2.75) is 25.9 Å². The minimum Gasteiger partial charge on any atom is -0.384 e. The zero-order valence-corrected chi connectivity index (χ0v) is 11.3. The van der Waals surface area contributed by atoms with Gasteiger partial charge in [-0.3, -0.25) is 10.1 Å². The van der Waals surface area contributed by atoms with Gasteiger partial charge in [-0.2, -0.15) is 5.26 Å². The van der Waals surface area contributed by atoms with E-state index in [0.29, 0.717) is 12.2 Å². The second-order valence-electron chi connectivity index (χ2n) is 4.74. The summed E-state index contributed by atoms with van der Waals surface area (Å²) < 4.78 is 5.29. The molecule has 0 aromatic heterocycles. The molecule has 1 N–H and O–H groups in total. The van der Waals surface area contributed by atoms with Crippen molar-refractivity contribution in [3.63, 3.8) is 0 Å². The van der Waals surface area contributed by atoms with E-state index in [4.69, 9.17) is 10.00 Å². The average Bonchev–Trinajstić information content (AvgIpc) is 2.38. The minimum absolute atomic E-state index is 0.0840. The summed E-state index contributed by atoms with van der Waals surface area (Å²) in [7, 11) is 1.65. The lowest BCUT2D eigenvalue weighted by molar-refractivity contribution is -0.384. The molecule has 0 fully saturated rings. The second-order valence-corrected chi connectivity index (χ2v) is 4.74. The first-order chi connectivity index (χ1) is 8.89. The molecule has 0 radical (unpaired) electrons. The van der Waals surface area contributed by atoms with Crippen LogP contribution in [0, 0.1) is 21.4 Å². The second kappa shape index (κ2) is 6.16. The molecular weight excluding hydrogens is 246 g/mol. The van der Waals surface area contributed by atoms with E-state index in [1.807, 2.05) is 19.9 Å². The molecule has 0 heterocycles. The molecule has 102 valence electrons. The van der Waals surface area contributed by atoms with Crippen molar-refractivity contribution in [1.82, 2.24) is 0 Å². The Balaban J connectivity index is 2.75. The number of ether oxygens (including phenoxy) is 1. The fraction of sp³-hybridized carbons (Fsp3) is 0.462. The number of nitrogens with one attached hydrogen (secondary N) is 1. The SMILES string of the molecule is COC(C)(C)CCNc1ccc([N+](=O)[O-])cc1C#N. The van der Waals surface area contributed by atoms with E-state index >= 15 is 0 Å². The van der Waals surface area contributed by atoms with E-state index in [-0.39, 0.29) is 16.9 Å². The van der Waals surface area contributed by atoms with Crippen LogP contribution in [0.3, 0.4) is 0 Å². The lowest BCUT2D eigenvalue weighted by atomic mass is 10.1. The summed E-state index contributed by atoms with van der Waals surface area (Å²) >= 11 is 0. The van der Waals surface area contributed by atoms with Gasteiger partial charge >= 0.3 is 0 Å². The third-order valence-corrected chi connectivity index (χ3v) is 2.93. The average molecular weight is 263 g/mol. The van der Waals surface area contributed by atoms with E-state index in [2.05, 4.69) is 5.32 Å². The topological polar surface area (TPSA) is 88.2 Å². The number of nitriles is 1. The third-order valence-electron chi connectivity index (χ3n) is 2.93. The smallest absolute Gasteiger partial charge is 0.270 e. The molecule has 1 aromatic rings. The largest absolute Gasteiger partial charge is 0.384 e. The summed E-state index contributed by atoms with van der Waals surface area (Å²) in [5, 5.41) is 22.7. The van der Waals surface area contributed by atoms with E-state index < -0.39 is 4.92 Å². The maximum Gasteiger partial charge on any atom is 0.270 e. The molecule has 0 bridgehead atoms. The first-order valence-electron chi connectivity index (χ1n) is 5.87. The Morgan fingerprint density at radius 3 is 2.74 bits per heavy atom. The quantitative estimate of drug-likeness (QED) is 0.629. The van der Waals surface area contributed by atoms with Crippen LogP contribution in [0.15, 0.2) is 18.2 Å². The predicted molar refractivity (Wildman–Crippen MR) is 72.0 cm³/mol. The number of rotatable bonds is 6. The molecule has 1 rings (SSSR count). The number of nitrogens with zero attached hydrogens (tertiary/aromatic N) is 2. The Morgan fingerprint density at radius 2 is 2.21 bits per heavy atom. The van der Waals surface area contributed by atoms with Crippen LogP contribution in [0.1, 0.15) is 25.8 Å². The van der Waals surface area contributed by atoms with Gasteiger partial charge in [-0.05, 0) is 26.3 Å². The summed E-state index contributed by atoms with van der Waals surface area (Å²) in [6.45, 7) is 4.55. The molecule has 0 aliphatic rings. The van der Waals surface area contributed by atoms with Crippen molar-refractivity contribution in [3.05, 3.63) is 33.9 Å². The molecule has 0 aliphatic heterocycles. The van der Waals surface area contributed by atoms with Crippen molar-refractivity contribution in [2.75, 3.05) is 19.0 Å². The minimum atomic E-state index is -0.515. The highest BCUT2D eigenvalue weighted by atomic mass is 16.6. The van der Waals surface area contributed by atoms with Crippen LogP contribution in [0.2, 0.25) is 0 Å². The summed E-state index contributed by atoms with van der Waals surface area (Å²) in [5.74, 6) is 0. The maximum absolute atomic E-state index is 10.6. The number of methoxy groups -OCH3 is 1. The van der Waals surface area contributed by atoms with Crippen LogP contribution in [-0.4, -0.2) is 24.2 Å². The number of non-ortho nitro benzene ring substituents is 1. The molecule has 6 nitrogen and oxygen atoms in total. The number of anilines is 1. The van der Waals surface area contributed by atoms with Gasteiger partial charge in [0.25, 0.3) is 5.69 Å². The molecule has 0 unspecified atom stereocenters. The van der Waals surface area contributed by atoms with E-state index in [9.17, 15) is 10.1 Å². The van der Waals surface area contributed by atoms with Gasteiger partial charge in [-0.1, -0.05) is 0 Å². The number of nitro benzene ring substituents is 1. The summed E-state index contributed by atoms with van der Waals surface area (Å²) in [6, 6.07) is 6.15. The zero-order valence-electron chi connectivity index (χ0n) is 11.3. The summed E-state index contributed by atoms with van der Waals surface area (Å²) in [6.07, 6.45) is 0.755. The number of benzene rings is 1. The number of nitro groups is 1. The maximum atomic E-state index is 10.6. The van der Waals surface area contributed by atoms with Crippen molar-refractivity contribution in [2.24, 2.45) is 0 Å². The molecule has 0 saturated heterocycles. The van der Waals surface area contributed by atoms with Crippen LogP contribution < -0.4 is 5.32 Å². The van der Waals surface area contributed by atoms with Crippen molar-refractivity contribution < 1.29 is 9.66 Å². The highest BCUT2D eigenvalue weighted by molar-refractivity contribution is 5.61. The van der Waals surface area contributed by atoms with Gasteiger partial charge in [0, 0.05) is 25.8 Å². The molecule has 6 heteroatoms. The van der Waals surface area contributed by atoms with Crippen molar-refractivity contribution >= 4 is 11.4 Å². The fourth-order valence-electron chi connectivity index (χ4n) is 1.49. The molecule has 0 saturated carbocycles. The summed E-state index contributed by atoms with van der Waals surface area (Å²) in [4.78, 5) is 10.1. The molecule has 1 aromatic carbocycles.